The summed E-state index contributed by atoms with van der Waals surface area (Å²) in [6, 6.07) is 6.50. The number of amides is 1. The molecule has 0 spiro atoms. The number of carbonyl (C=O) groups excluding carboxylic acids is 1. The number of likely N-dealkylation sites (tertiary alicyclic amines) is 1. The van der Waals surface area contributed by atoms with Crippen LogP contribution in [-0.4, -0.2) is 43.6 Å². The van der Waals surface area contributed by atoms with E-state index >= 15 is 0 Å². The van der Waals surface area contributed by atoms with Crippen molar-refractivity contribution in [3.8, 4) is 5.75 Å². The lowest BCUT2D eigenvalue weighted by molar-refractivity contribution is -0.124. The summed E-state index contributed by atoms with van der Waals surface area (Å²) >= 11 is 0. The lowest BCUT2D eigenvalue weighted by Crippen LogP contribution is -2.44. The second kappa shape index (κ2) is 7.63. The van der Waals surface area contributed by atoms with Crippen LogP contribution in [0.15, 0.2) is 18.2 Å². The fraction of sp³-hybridized carbons (Fsp3) is 0.611. The van der Waals surface area contributed by atoms with E-state index in [1.807, 2.05) is 13.0 Å². The van der Waals surface area contributed by atoms with Crippen molar-refractivity contribution in [2.45, 2.75) is 45.6 Å². The lowest BCUT2D eigenvalue weighted by atomic mass is 10.0. The monoisotopic (exact) mass is 304 g/mol. The van der Waals surface area contributed by atoms with Crippen LogP contribution in [0.4, 0.5) is 0 Å². The maximum Gasteiger partial charge on any atom is 0.258 e. The van der Waals surface area contributed by atoms with Crippen LogP contribution < -0.4 is 10.1 Å². The van der Waals surface area contributed by atoms with E-state index in [9.17, 15) is 4.79 Å². The number of aryl methyl sites for hydroxylation is 1. The Kier molecular flexibility index (Phi) is 5.83. The third-order valence-electron chi connectivity index (χ3n) is 4.32. The minimum Gasteiger partial charge on any atom is -0.483 e. The maximum atomic E-state index is 12.0. The molecule has 4 heteroatoms. The summed E-state index contributed by atoms with van der Waals surface area (Å²) in [5, 5.41) is 3.08. The minimum absolute atomic E-state index is 0.0242. The van der Waals surface area contributed by atoms with Gasteiger partial charge in [0.2, 0.25) is 0 Å². The molecule has 0 bridgehead atoms. The van der Waals surface area contributed by atoms with Crippen LogP contribution >= 0.6 is 0 Å². The first-order valence-electron chi connectivity index (χ1n) is 8.17. The second-order valence-corrected chi connectivity index (χ2v) is 6.61. The summed E-state index contributed by atoms with van der Waals surface area (Å²) in [5.41, 5.74) is 2.30. The van der Waals surface area contributed by atoms with Crippen molar-refractivity contribution in [2.75, 3.05) is 26.7 Å². The van der Waals surface area contributed by atoms with Crippen LogP contribution in [-0.2, 0) is 4.79 Å². The molecule has 0 unspecified atom stereocenters. The van der Waals surface area contributed by atoms with Gasteiger partial charge in [-0.2, -0.15) is 0 Å². The topological polar surface area (TPSA) is 41.6 Å². The lowest BCUT2D eigenvalue weighted by Gasteiger charge is -2.29. The Morgan fingerprint density at radius 3 is 2.68 bits per heavy atom. The molecule has 1 aromatic carbocycles. The van der Waals surface area contributed by atoms with Crippen molar-refractivity contribution < 1.29 is 9.53 Å². The third kappa shape index (κ3) is 4.73. The molecular formula is C18H28N2O2. The molecule has 4 nitrogen and oxygen atoms in total. The molecule has 1 saturated heterocycles. The zero-order valence-corrected chi connectivity index (χ0v) is 14.2. The smallest absolute Gasteiger partial charge is 0.258 e. The Balaban J connectivity index is 1.84. The first kappa shape index (κ1) is 16.8. The molecule has 0 aliphatic carbocycles. The fourth-order valence-electron chi connectivity index (χ4n) is 2.70. The molecule has 1 aromatic rings. The highest BCUT2D eigenvalue weighted by Crippen LogP contribution is 2.24. The molecule has 22 heavy (non-hydrogen) atoms. The normalized spacial score (nSPS) is 16.8. The van der Waals surface area contributed by atoms with Gasteiger partial charge in [0.15, 0.2) is 6.61 Å². The van der Waals surface area contributed by atoms with Gasteiger partial charge in [-0.1, -0.05) is 26.0 Å². The Labute approximate surface area is 133 Å². The van der Waals surface area contributed by atoms with Gasteiger partial charge >= 0.3 is 0 Å². The number of piperidine rings is 1. The predicted octanol–water partition coefficient (Wildman–Crippen LogP) is 2.71. The largest absolute Gasteiger partial charge is 0.483 e. The zero-order valence-electron chi connectivity index (χ0n) is 14.2. The molecule has 122 valence electrons. The molecule has 1 N–H and O–H groups in total. The van der Waals surface area contributed by atoms with Crippen LogP contribution in [0, 0.1) is 6.92 Å². The van der Waals surface area contributed by atoms with E-state index in [0.29, 0.717) is 5.92 Å². The molecule has 0 radical (unpaired) electrons. The highest BCUT2D eigenvalue weighted by molar-refractivity contribution is 5.77. The second-order valence-electron chi connectivity index (χ2n) is 6.61. The summed E-state index contributed by atoms with van der Waals surface area (Å²) in [6.07, 6.45) is 2.04. The Morgan fingerprint density at radius 1 is 1.36 bits per heavy atom. The first-order chi connectivity index (χ1) is 10.5. The molecule has 2 rings (SSSR count). The molecule has 1 aliphatic heterocycles. The van der Waals surface area contributed by atoms with Gasteiger partial charge in [0.05, 0.1) is 0 Å². The highest BCUT2D eigenvalue weighted by atomic mass is 16.5. The highest BCUT2D eigenvalue weighted by Gasteiger charge is 2.18. The molecule has 1 heterocycles. The van der Waals surface area contributed by atoms with E-state index in [2.05, 4.69) is 43.2 Å². The molecule has 1 fully saturated rings. The van der Waals surface area contributed by atoms with Crippen molar-refractivity contribution in [1.82, 2.24) is 10.2 Å². The maximum absolute atomic E-state index is 12.0. The summed E-state index contributed by atoms with van der Waals surface area (Å²) in [4.78, 5) is 14.3. The van der Waals surface area contributed by atoms with E-state index in [0.717, 1.165) is 37.2 Å². The van der Waals surface area contributed by atoms with Crippen molar-refractivity contribution in [3.05, 3.63) is 29.3 Å². The van der Waals surface area contributed by atoms with Crippen LogP contribution in [0.25, 0.3) is 0 Å². The summed E-state index contributed by atoms with van der Waals surface area (Å²) < 4.78 is 5.73. The SMILES string of the molecule is Cc1ccc(C(C)C)cc1OCC(=O)NC1CCN(C)CC1. The molecule has 0 atom stereocenters. The predicted molar refractivity (Wildman–Crippen MR) is 89.4 cm³/mol. The van der Waals surface area contributed by atoms with Crippen LogP contribution in [0.3, 0.4) is 0 Å². The Hall–Kier alpha value is -1.55. The average Bonchev–Trinajstić information content (AvgIpc) is 2.48. The quantitative estimate of drug-likeness (QED) is 0.909. The standard InChI is InChI=1S/C18H28N2O2/c1-13(2)15-6-5-14(3)17(11-15)22-12-18(21)19-16-7-9-20(4)10-8-16/h5-6,11,13,16H,7-10,12H2,1-4H3,(H,19,21). The number of nitrogens with one attached hydrogen (secondary N) is 1. The Bertz CT molecular complexity index is 506. The number of hydrogen-bond acceptors (Lipinski definition) is 3. The zero-order chi connectivity index (χ0) is 16.1. The number of hydrogen-bond donors (Lipinski definition) is 1. The summed E-state index contributed by atoms with van der Waals surface area (Å²) in [6.45, 7) is 8.49. The van der Waals surface area contributed by atoms with Gasteiger partial charge in [0, 0.05) is 6.04 Å². The van der Waals surface area contributed by atoms with Gasteiger partial charge < -0.3 is 15.0 Å². The number of nitrogens with zero attached hydrogens (tertiary/aromatic N) is 1. The molecule has 1 aliphatic rings. The van der Waals surface area contributed by atoms with E-state index in [1.54, 1.807) is 0 Å². The van der Waals surface area contributed by atoms with E-state index in [-0.39, 0.29) is 18.6 Å². The third-order valence-corrected chi connectivity index (χ3v) is 4.32. The number of rotatable bonds is 5. The van der Waals surface area contributed by atoms with Gasteiger partial charge in [0.1, 0.15) is 5.75 Å². The molecule has 1 amide bonds. The van der Waals surface area contributed by atoms with Gasteiger partial charge in [-0.3, -0.25) is 4.79 Å². The van der Waals surface area contributed by atoms with Crippen molar-refractivity contribution in [1.29, 1.82) is 0 Å². The van der Waals surface area contributed by atoms with Crippen molar-refractivity contribution in [2.24, 2.45) is 0 Å². The fourth-order valence-corrected chi connectivity index (χ4v) is 2.70. The van der Waals surface area contributed by atoms with Crippen LogP contribution in [0.2, 0.25) is 0 Å². The van der Waals surface area contributed by atoms with Gasteiger partial charge in [0.25, 0.3) is 5.91 Å². The first-order valence-corrected chi connectivity index (χ1v) is 8.17. The number of carbonyl (C=O) groups is 1. The van der Waals surface area contributed by atoms with E-state index in [4.69, 9.17) is 4.74 Å². The van der Waals surface area contributed by atoms with Crippen molar-refractivity contribution >= 4 is 5.91 Å². The Morgan fingerprint density at radius 2 is 2.05 bits per heavy atom. The van der Waals surface area contributed by atoms with Gasteiger partial charge in [-0.15, -0.1) is 0 Å². The van der Waals surface area contributed by atoms with E-state index < -0.39 is 0 Å². The van der Waals surface area contributed by atoms with E-state index in [1.165, 1.54) is 5.56 Å². The summed E-state index contributed by atoms with van der Waals surface area (Å²) in [7, 11) is 2.12. The molecule has 0 aromatic heterocycles. The number of ether oxygens (including phenoxy) is 1. The minimum atomic E-state index is -0.0242. The van der Waals surface area contributed by atoms with Gasteiger partial charge in [-0.05, 0) is 63.0 Å². The molecule has 0 saturated carbocycles. The van der Waals surface area contributed by atoms with Gasteiger partial charge in [-0.25, -0.2) is 0 Å². The van der Waals surface area contributed by atoms with Crippen LogP contribution in [0.5, 0.6) is 5.75 Å². The number of benzene rings is 1. The average molecular weight is 304 g/mol. The van der Waals surface area contributed by atoms with Crippen LogP contribution in [0.1, 0.15) is 43.7 Å². The van der Waals surface area contributed by atoms with Crippen molar-refractivity contribution in [3.63, 3.8) is 0 Å². The summed E-state index contributed by atoms with van der Waals surface area (Å²) in [5.74, 6) is 1.24. The molecular weight excluding hydrogens is 276 g/mol.